The minimum Gasteiger partial charge on any atom is -0.337 e. The molecule has 2 rings (SSSR count). The van der Waals surface area contributed by atoms with Crippen molar-refractivity contribution in [3.05, 3.63) is 49.0 Å². The lowest BCUT2D eigenvalue weighted by Crippen LogP contribution is -1.97. The lowest BCUT2D eigenvalue weighted by atomic mass is 10.2. The van der Waals surface area contributed by atoms with Crippen LogP contribution in [0.2, 0.25) is 10.0 Å². The monoisotopic (exact) mass is 408 g/mol. The molecule has 0 bridgehead atoms. The quantitative estimate of drug-likeness (QED) is 0.660. The Labute approximate surface area is 132 Å². The van der Waals surface area contributed by atoms with Gasteiger partial charge in [0.15, 0.2) is 0 Å². The molecule has 94 valence electrons. The maximum atomic E-state index is 6.23. The fraction of sp³-hybridized carbons (Fsp3) is 0.0833. The molecule has 0 atom stereocenters. The first kappa shape index (κ1) is 14.1. The van der Waals surface area contributed by atoms with Crippen molar-refractivity contribution >= 4 is 66.6 Å². The lowest BCUT2D eigenvalue weighted by molar-refractivity contribution is 1.27. The normalized spacial score (nSPS) is 10.5. The van der Waals surface area contributed by atoms with E-state index in [0.29, 0.717) is 21.6 Å². The Bertz CT molecular complexity index is 603. The van der Waals surface area contributed by atoms with E-state index in [2.05, 4.69) is 42.2 Å². The van der Waals surface area contributed by atoms with E-state index in [9.17, 15) is 0 Å². The number of nitrogens with one attached hydrogen (secondary N) is 1. The van der Waals surface area contributed by atoms with Gasteiger partial charge in [-0.25, -0.2) is 4.98 Å². The van der Waals surface area contributed by atoms with Gasteiger partial charge in [-0.3, -0.25) is 0 Å². The van der Waals surface area contributed by atoms with Crippen LogP contribution in [0.5, 0.6) is 0 Å². The lowest BCUT2D eigenvalue weighted by Gasteiger charge is -2.12. The number of nitrogens with zero attached hydrogens (tertiary/aromatic N) is 1. The summed E-state index contributed by atoms with van der Waals surface area (Å²) in [7, 11) is 0. The summed E-state index contributed by atoms with van der Waals surface area (Å²) in [5, 5.41) is 4.29. The number of aromatic nitrogens is 1. The van der Waals surface area contributed by atoms with Crippen LogP contribution in [0.4, 0.5) is 11.5 Å². The number of anilines is 2. The van der Waals surface area contributed by atoms with Crippen LogP contribution in [-0.4, -0.2) is 4.98 Å². The average molecular weight is 411 g/mol. The Morgan fingerprint density at radius 3 is 2.61 bits per heavy atom. The Morgan fingerprint density at radius 1 is 1.22 bits per heavy atom. The van der Waals surface area contributed by atoms with Crippen molar-refractivity contribution in [2.75, 3.05) is 5.32 Å². The Morgan fingerprint density at radius 2 is 1.94 bits per heavy atom. The molecule has 18 heavy (non-hydrogen) atoms. The Balaban J connectivity index is 2.43. The molecule has 0 aliphatic heterocycles. The van der Waals surface area contributed by atoms with Gasteiger partial charge in [-0.05, 0) is 56.5 Å². The molecule has 2 aromatic rings. The second kappa shape index (κ2) is 5.78. The summed E-state index contributed by atoms with van der Waals surface area (Å²) in [5.74, 6) is 0.660. The molecule has 2 nitrogen and oxygen atoms in total. The molecule has 1 aromatic carbocycles. The molecule has 6 heteroatoms. The third-order valence-corrected chi connectivity index (χ3v) is 4.18. The maximum absolute atomic E-state index is 6.23. The second-order valence-corrected chi connectivity index (χ2v) is 6.22. The van der Waals surface area contributed by atoms with Crippen molar-refractivity contribution in [3.8, 4) is 0 Å². The van der Waals surface area contributed by atoms with Crippen molar-refractivity contribution in [1.82, 2.24) is 4.98 Å². The van der Waals surface area contributed by atoms with Crippen molar-refractivity contribution in [2.45, 2.75) is 6.92 Å². The van der Waals surface area contributed by atoms with Crippen molar-refractivity contribution < 1.29 is 0 Å². The van der Waals surface area contributed by atoms with Gasteiger partial charge in [-0.15, -0.1) is 0 Å². The number of hydrogen-bond donors (Lipinski definition) is 1. The number of hydrogen-bond acceptors (Lipinski definition) is 2. The SMILES string of the molecule is Cc1ccc(Cl)c(Nc2ncc(Br)cc2Br)c1Cl. The predicted molar refractivity (Wildman–Crippen MR) is 84.1 cm³/mol. The van der Waals surface area contributed by atoms with Gasteiger partial charge < -0.3 is 5.32 Å². The minimum absolute atomic E-state index is 0.558. The van der Waals surface area contributed by atoms with Crippen molar-refractivity contribution in [3.63, 3.8) is 0 Å². The van der Waals surface area contributed by atoms with Crippen LogP contribution in [0.15, 0.2) is 33.3 Å². The van der Waals surface area contributed by atoms with Gasteiger partial charge >= 0.3 is 0 Å². The summed E-state index contributed by atoms with van der Waals surface area (Å²) in [4.78, 5) is 4.26. The summed E-state index contributed by atoms with van der Waals surface area (Å²) in [6.07, 6.45) is 1.70. The summed E-state index contributed by atoms with van der Waals surface area (Å²) in [6, 6.07) is 5.57. The first-order chi connectivity index (χ1) is 8.49. The average Bonchev–Trinajstić information content (AvgIpc) is 2.32. The topological polar surface area (TPSA) is 24.9 Å². The van der Waals surface area contributed by atoms with E-state index in [-0.39, 0.29) is 0 Å². The van der Waals surface area contributed by atoms with Gasteiger partial charge in [0.2, 0.25) is 0 Å². The van der Waals surface area contributed by atoms with Crippen LogP contribution in [-0.2, 0) is 0 Å². The smallest absolute Gasteiger partial charge is 0.144 e. The van der Waals surface area contributed by atoms with Gasteiger partial charge in [0.25, 0.3) is 0 Å². The molecule has 0 aliphatic carbocycles. The van der Waals surface area contributed by atoms with Gasteiger partial charge in [0.05, 0.1) is 20.2 Å². The van der Waals surface area contributed by atoms with Gasteiger partial charge in [-0.2, -0.15) is 0 Å². The number of aryl methyl sites for hydroxylation is 1. The van der Waals surface area contributed by atoms with Crippen molar-refractivity contribution in [2.24, 2.45) is 0 Å². The van der Waals surface area contributed by atoms with E-state index in [4.69, 9.17) is 23.2 Å². The number of pyridine rings is 1. The molecule has 1 heterocycles. The van der Waals surface area contributed by atoms with Crippen LogP contribution < -0.4 is 5.32 Å². The Hall–Kier alpha value is -0.290. The molecule has 1 N–H and O–H groups in total. The summed E-state index contributed by atoms with van der Waals surface area (Å²) >= 11 is 19.1. The molecule has 0 saturated carbocycles. The molecule has 0 aliphatic rings. The zero-order chi connectivity index (χ0) is 13.3. The van der Waals surface area contributed by atoms with Crippen LogP contribution in [0.3, 0.4) is 0 Å². The molecule has 1 aromatic heterocycles. The second-order valence-electron chi connectivity index (χ2n) is 3.66. The highest BCUT2D eigenvalue weighted by Gasteiger charge is 2.11. The van der Waals surface area contributed by atoms with Crippen LogP contribution >= 0.6 is 55.1 Å². The molecular formula is C12H8Br2Cl2N2. The number of halogens is 4. The van der Waals surface area contributed by atoms with Gasteiger partial charge in [0.1, 0.15) is 5.82 Å². The van der Waals surface area contributed by atoms with Crippen LogP contribution in [0, 0.1) is 6.92 Å². The highest BCUT2D eigenvalue weighted by molar-refractivity contribution is 9.11. The molecule has 0 amide bonds. The predicted octanol–water partition coefficient (Wildman–Crippen LogP) is 5.97. The van der Waals surface area contributed by atoms with E-state index >= 15 is 0 Å². The highest BCUT2D eigenvalue weighted by Crippen LogP contribution is 2.36. The molecule has 0 spiro atoms. The fourth-order valence-electron chi connectivity index (χ4n) is 1.40. The largest absolute Gasteiger partial charge is 0.337 e. The standard InChI is InChI=1S/C12H8Br2Cl2N2/c1-6-2-3-9(15)11(10(6)16)18-12-8(14)4-7(13)5-17-12/h2-5H,1H3,(H,17,18). The Kier molecular flexibility index (Phi) is 4.54. The van der Waals surface area contributed by atoms with E-state index < -0.39 is 0 Å². The van der Waals surface area contributed by atoms with E-state index in [0.717, 1.165) is 14.5 Å². The number of benzene rings is 1. The summed E-state index contributed by atoms with van der Waals surface area (Å²) < 4.78 is 1.71. The number of rotatable bonds is 2. The van der Waals surface area contributed by atoms with E-state index in [1.807, 2.05) is 19.1 Å². The maximum Gasteiger partial charge on any atom is 0.144 e. The van der Waals surface area contributed by atoms with Crippen molar-refractivity contribution in [1.29, 1.82) is 0 Å². The van der Waals surface area contributed by atoms with Gasteiger partial charge in [-0.1, -0.05) is 29.3 Å². The molecule has 0 saturated heterocycles. The fourth-order valence-corrected chi connectivity index (χ4v) is 2.95. The van der Waals surface area contributed by atoms with Gasteiger partial charge in [0, 0.05) is 10.7 Å². The minimum atomic E-state index is 0.558. The molecule has 0 unspecified atom stereocenters. The summed E-state index contributed by atoms with van der Waals surface area (Å²) in [6.45, 7) is 1.92. The summed E-state index contributed by atoms with van der Waals surface area (Å²) in [5.41, 5.74) is 1.62. The third kappa shape index (κ3) is 2.99. The highest BCUT2D eigenvalue weighted by atomic mass is 79.9. The van der Waals surface area contributed by atoms with Crippen LogP contribution in [0.1, 0.15) is 5.56 Å². The molecular weight excluding hydrogens is 403 g/mol. The molecule has 0 radical (unpaired) electrons. The van der Waals surface area contributed by atoms with Crippen LogP contribution in [0.25, 0.3) is 0 Å². The molecule has 0 fully saturated rings. The van der Waals surface area contributed by atoms with E-state index in [1.165, 1.54) is 0 Å². The first-order valence-corrected chi connectivity index (χ1v) is 7.36. The third-order valence-electron chi connectivity index (χ3n) is 2.34. The van der Waals surface area contributed by atoms with E-state index in [1.54, 1.807) is 12.3 Å². The zero-order valence-corrected chi connectivity index (χ0v) is 14.0. The first-order valence-electron chi connectivity index (χ1n) is 5.01. The zero-order valence-electron chi connectivity index (χ0n) is 9.27.